The van der Waals surface area contributed by atoms with Crippen LogP contribution in [0.25, 0.3) is 0 Å². The zero-order chi connectivity index (χ0) is 13.0. The van der Waals surface area contributed by atoms with Crippen molar-refractivity contribution >= 4 is 11.6 Å². The molecule has 0 bridgehead atoms. The summed E-state index contributed by atoms with van der Waals surface area (Å²) < 4.78 is 0. The summed E-state index contributed by atoms with van der Waals surface area (Å²) in [6, 6.07) is 7.94. The van der Waals surface area contributed by atoms with Gasteiger partial charge < -0.3 is 5.11 Å². The molecule has 94 valence electrons. The van der Waals surface area contributed by atoms with Crippen LogP contribution in [0.15, 0.2) is 36.7 Å². The molecule has 0 spiro atoms. The molecule has 0 saturated carbocycles. The van der Waals surface area contributed by atoms with Gasteiger partial charge in [0.15, 0.2) is 0 Å². The Labute approximate surface area is 111 Å². The average Bonchev–Trinajstić information content (AvgIpc) is 2.39. The number of nitrogens with zero attached hydrogens (tertiary/aromatic N) is 2. The second kappa shape index (κ2) is 5.94. The van der Waals surface area contributed by atoms with Crippen molar-refractivity contribution in [1.29, 1.82) is 0 Å². The fraction of sp³-hybridized carbons (Fsp3) is 0.286. The maximum atomic E-state index is 10.3. The Hall–Kier alpha value is -1.45. The van der Waals surface area contributed by atoms with Gasteiger partial charge in [-0.1, -0.05) is 37.6 Å². The van der Waals surface area contributed by atoms with Crippen molar-refractivity contribution in [2.24, 2.45) is 0 Å². The monoisotopic (exact) mass is 262 g/mol. The SMILES string of the molecule is CCCc1cccc(C(O)c2cnc(Cl)nc2)c1. The van der Waals surface area contributed by atoms with Crippen molar-refractivity contribution in [1.82, 2.24) is 9.97 Å². The number of aryl methyl sites for hydroxylation is 1. The molecule has 0 aliphatic heterocycles. The van der Waals surface area contributed by atoms with Crippen LogP contribution in [0.1, 0.15) is 36.1 Å². The van der Waals surface area contributed by atoms with Crippen LogP contribution in [0.4, 0.5) is 0 Å². The Kier molecular flexibility index (Phi) is 4.28. The summed E-state index contributed by atoms with van der Waals surface area (Å²) in [5.41, 5.74) is 2.73. The van der Waals surface area contributed by atoms with Crippen molar-refractivity contribution in [3.63, 3.8) is 0 Å². The van der Waals surface area contributed by atoms with Gasteiger partial charge in [0.1, 0.15) is 6.10 Å². The van der Waals surface area contributed by atoms with Crippen LogP contribution in [-0.4, -0.2) is 15.1 Å². The average molecular weight is 263 g/mol. The first kappa shape index (κ1) is 13.0. The Morgan fingerprint density at radius 3 is 2.61 bits per heavy atom. The lowest BCUT2D eigenvalue weighted by Crippen LogP contribution is -2.02. The molecule has 0 aliphatic carbocycles. The first-order valence-electron chi connectivity index (χ1n) is 5.95. The smallest absolute Gasteiger partial charge is 0.222 e. The van der Waals surface area contributed by atoms with Gasteiger partial charge in [-0.05, 0) is 29.1 Å². The van der Waals surface area contributed by atoms with Gasteiger partial charge in [0.25, 0.3) is 0 Å². The molecule has 4 heteroatoms. The zero-order valence-corrected chi connectivity index (χ0v) is 10.9. The normalized spacial score (nSPS) is 12.4. The van der Waals surface area contributed by atoms with E-state index in [9.17, 15) is 5.11 Å². The van der Waals surface area contributed by atoms with Gasteiger partial charge in [0.2, 0.25) is 5.28 Å². The van der Waals surface area contributed by atoms with E-state index in [1.165, 1.54) is 5.56 Å². The second-order valence-corrected chi connectivity index (χ2v) is 4.52. The first-order chi connectivity index (χ1) is 8.70. The van der Waals surface area contributed by atoms with Crippen molar-refractivity contribution < 1.29 is 5.11 Å². The predicted octanol–water partition coefficient (Wildman–Crippen LogP) is 3.16. The summed E-state index contributed by atoms with van der Waals surface area (Å²) in [7, 11) is 0. The molecule has 0 aliphatic rings. The molecule has 2 aromatic rings. The number of rotatable bonds is 4. The topological polar surface area (TPSA) is 46.0 Å². The van der Waals surface area contributed by atoms with E-state index in [4.69, 9.17) is 11.6 Å². The van der Waals surface area contributed by atoms with Crippen LogP contribution in [-0.2, 0) is 6.42 Å². The summed E-state index contributed by atoms with van der Waals surface area (Å²) in [6.07, 6.45) is 4.49. The van der Waals surface area contributed by atoms with E-state index in [1.54, 1.807) is 12.4 Å². The molecule has 3 nitrogen and oxygen atoms in total. The van der Waals surface area contributed by atoms with Crippen molar-refractivity contribution in [2.75, 3.05) is 0 Å². The molecule has 0 amide bonds. The van der Waals surface area contributed by atoms with Crippen LogP contribution < -0.4 is 0 Å². The Balaban J connectivity index is 2.24. The summed E-state index contributed by atoms with van der Waals surface area (Å²) in [5, 5.41) is 10.4. The van der Waals surface area contributed by atoms with Gasteiger partial charge in [-0.15, -0.1) is 0 Å². The summed E-state index contributed by atoms with van der Waals surface area (Å²) in [6.45, 7) is 2.14. The third-order valence-electron chi connectivity index (χ3n) is 2.76. The van der Waals surface area contributed by atoms with Gasteiger partial charge in [0.05, 0.1) is 0 Å². The van der Waals surface area contributed by atoms with E-state index >= 15 is 0 Å². The molecule has 0 fully saturated rings. The minimum Gasteiger partial charge on any atom is -0.384 e. The van der Waals surface area contributed by atoms with Gasteiger partial charge in [-0.25, -0.2) is 9.97 Å². The van der Waals surface area contributed by atoms with Crippen LogP contribution in [0.2, 0.25) is 5.28 Å². The van der Waals surface area contributed by atoms with Gasteiger partial charge in [-0.2, -0.15) is 0 Å². The highest BCUT2D eigenvalue weighted by molar-refractivity contribution is 6.28. The van der Waals surface area contributed by atoms with Crippen molar-refractivity contribution in [2.45, 2.75) is 25.9 Å². The lowest BCUT2D eigenvalue weighted by atomic mass is 10.0. The van der Waals surface area contributed by atoms with Gasteiger partial charge in [-0.3, -0.25) is 0 Å². The summed E-state index contributed by atoms with van der Waals surface area (Å²) >= 11 is 5.62. The van der Waals surface area contributed by atoms with Crippen molar-refractivity contribution in [3.05, 3.63) is 58.6 Å². The van der Waals surface area contributed by atoms with E-state index in [-0.39, 0.29) is 5.28 Å². The minimum atomic E-state index is -0.709. The standard InChI is InChI=1S/C14H15ClN2O/c1-2-4-10-5-3-6-11(7-10)13(18)12-8-16-14(15)17-9-12/h3,5-9,13,18H,2,4H2,1H3. The number of hydrogen-bond donors (Lipinski definition) is 1. The Morgan fingerprint density at radius 1 is 1.22 bits per heavy atom. The second-order valence-electron chi connectivity index (χ2n) is 4.18. The highest BCUT2D eigenvalue weighted by Crippen LogP contribution is 2.22. The van der Waals surface area contributed by atoms with E-state index in [2.05, 4.69) is 23.0 Å². The summed E-state index contributed by atoms with van der Waals surface area (Å²) in [4.78, 5) is 7.76. The van der Waals surface area contributed by atoms with Crippen molar-refractivity contribution in [3.8, 4) is 0 Å². The van der Waals surface area contributed by atoms with Gasteiger partial charge >= 0.3 is 0 Å². The quantitative estimate of drug-likeness (QED) is 0.861. The number of aliphatic hydroxyl groups excluding tert-OH is 1. The first-order valence-corrected chi connectivity index (χ1v) is 6.33. The molecule has 1 N–H and O–H groups in total. The van der Waals surface area contributed by atoms with E-state index < -0.39 is 6.10 Å². The molecule has 18 heavy (non-hydrogen) atoms. The molecular formula is C14H15ClN2O. The predicted molar refractivity (Wildman–Crippen MR) is 71.5 cm³/mol. The highest BCUT2D eigenvalue weighted by Gasteiger charge is 2.11. The summed E-state index contributed by atoms with van der Waals surface area (Å²) in [5.74, 6) is 0. The minimum absolute atomic E-state index is 0.186. The lowest BCUT2D eigenvalue weighted by Gasteiger charge is -2.12. The molecule has 1 heterocycles. The maximum absolute atomic E-state index is 10.3. The number of aliphatic hydroxyl groups is 1. The molecule has 0 radical (unpaired) electrons. The third-order valence-corrected chi connectivity index (χ3v) is 2.96. The largest absolute Gasteiger partial charge is 0.384 e. The fourth-order valence-electron chi connectivity index (χ4n) is 1.86. The van der Waals surface area contributed by atoms with Crippen LogP contribution >= 0.6 is 11.6 Å². The third kappa shape index (κ3) is 3.06. The molecule has 1 aromatic carbocycles. The molecule has 0 saturated heterocycles. The molecule has 1 aromatic heterocycles. The number of aromatic nitrogens is 2. The Morgan fingerprint density at radius 2 is 1.94 bits per heavy atom. The van der Waals surface area contributed by atoms with Gasteiger partial charge in [0, 0.05) is 18.0 Å². The molecule has 2 rings (SSSR count). The number of hydrogen-bond acceptors (Lipinski definition) is 3. The molecule has 1 atom stereocenters. The Bertz CT molecular complexity index is 513. The number of halogens is 1. The maximum Gasteiger partial charge on any atom is 0.222 e. The zero-order valence-electron chi connectivity index (χ0n) is 10.2. The van der Waals surface area contributed by atoms with Crippen LogP contribution in [0.3, 0.4) is 0 Å². The van der Waals surface area contributed by atoms with E-state index in [0.717, 1.165) is 18.4 Å². The molecular weight excluding hydrogens is 248 g/mol. The molecule has 1 unspecified atom stereocenters. The lowest BCUT2D eigenvalue weighted by molar-refractivity contribution is 0.219. The highest BCUT2D eigenvalue weighted by atomic mass is 35.5. The van der Waals surface area contributed by atoms with Crippen LogP contribution in [0.5, 0.6) is 0 Å². The van der Waals surface area contributed by atoms with Crippen LogP contribution in [0, 0.1) is 0 Å². The van der Waals surface area contributed by atoms with E-state index in [1.807, 2.05) is 18.2 Å². The van der Waals surface area contributed by atoms with E-state index in [0.29, 0.717) is 5.56 Å². The fourth-order valence-corrected chi connectivity index (χ4v) is 1.96. The number of benzene rings is 1.